The third-order valence-corrected chi connectivity index (χ3v) is 4.87. The van der Waals surface area contributed by atoms with Gasteiger partial charge in [-0.05, 0) is 32.0 Å². The first-order chi connectivity index (χ1) is 15.1. The molecule has 0 aliphatic carbocycles. The molecular formula is C21H19N3O8. The molecule has 3 amide bonds. The molecule has 2 aromatic carbocycles. The molecule has 11 nitrogen and oxygen atoms in total. The van der Waals surface area contributed by atoms with Gasteiger partial charge >= 0.3 is 5.97 Å². The summed E-state index contributed by atoms with van der Waals surface area (Å²) in [5.41, 5.74) is 0.106. The lowest BCUT2D eigenvalue weighted by Gasteiger charge is -2.23. The highest BCUT2D eigenvalue weighted by Crippen LogP contribution is 2.29. The van der Waals surface area contributed by atoms with Crippen LogP contribution in [-0.4, -0.2) is 52.8 Å². The number of amides is 3. The maximum atomic E-state index is 12.5. The zero-order chi connectivity index (χ0) is 23.6. The number of hydrogen-bond acceptors (Lipinski definition) is 8. The largest absolute Gasteiger partial charge is 0.495 e. The van der Waals surface area contributed by atoms with Crippen LogP contribution in [0, 0.1) is 10.1 Å². The summed E-state index contributed by atoms with van der Waals surface area (Å²) in [5.74, 6) is -2.84. The van der Waals surface area contributed by atoms with E-state index in [9.17, 15) is 29.3 Å². The number of imide groups is 1. The fraction of sp³-hybridized carbons (Fsp3) is 0.238. The van der Waals surface area contributed by atoms with Gasteiger partial charge in [0.15, 0.2) is 6.10 Å². The molecule has 1 heterocycles. The van der Waals surface area contributed by atoms with Crippen LogP contribution in [0.25, 0.3) is 0 Å². The number of esters is 1. The molecule has 32 heavy (non-hydrogen) atoms. The van der Waals surface area contributed by atoms with Crippen molar-refractivity contribution < 1.29 is 33.6 Å². The summed E-state index contributed by atoms with van der Waals surface area (Å²) in [7, 11) is 1.32. The van der Waals surface area contributed by atoms with E-state index in [4.69, 9.17) is 9.47 Å². The zero-order valence-electron chi connectivity index (χ0n) is 17.4. The van der Waals surface area contributed by atoms with Gasteiger partial charge in [-0.25, -0.2) is 4.79 Å². The molecule has 2 atom stereocenters. The van der Waals surface area contributed by atoms with Crippen molar-refractivity contribution in [1.29, 1.82) is 0 Å². The summed E-state index contributed by atoms with van der Waals surface area (Å²) in [6, 6.07) is 8.52. The highest BCUT2D eigenvalue weighted by atomic mass is 16.6. The van der Waals surface area contributed by atoms with Crippen LogP contribution in [-0.2, 0) is 14.3 Å². The minimum atomic E-state index is -1.33. The van der Waals surface area contributed by atoms with Crippen LogP contribution >= 0.6 is 0 Å². The fourth-order valence-corrected chi connectivity index (χ4v) is 3.13. The Kier molecular flexibility index (Phi) is 6.19. The molecule has 1 aliphatic heterocycles. The number of methoxy groups -OCH3 is 1. The Hall–Kier alpha value is -4.28. The number of nitro benzene ring substituents is 1. The van der Waals surface area contributed by atoms with Crippen molar-refractivity contribution in [1.82, 2.24) is 4.90 Å². The number of anilines is 1. The predicted octanol–water partition coefficient (Wildman–Crippen LogP) is 2.16. The summed E-state index contributed by atoms with van der Waals surface area (Å²) in [6.07, 6.45) is -1.33. The van der Waals surface area contributed by atoms with Crippen LogP contribution in [0.4, 0.5) is 11.4 Å². The van der Waals surface area contributed by atoms with Crippen molar-refractivity contribution in [3.05, 3.63) is 63.7 Å². The van der Waals surface area contributed by atoms with Crippen LogP contribution in [0.5, 0.6) is 5.75 Å². The number of ether oxygens (including phenoxy) is 2. The van der Waals surface area contributed by atoms with E-state index >= 15 is 0 Å². The SMILES string of the molecule is COc1ccc([N+](=O)[O-])cc1NC(=O)[C@@H](C)OC(=O)[C@@H](C)N1C(=O)c2ccccc2C1=O. The average Bonchev–Trinajstić information content (AvgIpc) is 3.03. The van der Waals surface area contributed by atoms with Gasteiger partial charge in [0.05, 0.1) is 28.8 Å². The molecule has 0 radical (unpaired) electrons. The van der Waals surface area contributed by atoms with Crippen molar-refractivity contribution in [2.75, 3.05) is 12.4 Å². The van der Waals surface area contributed by atoms with Gasteiger partial charge in [0, 0.05) is 12.1 Å². The molecule has 0 bridgehead atoms. The lowest BCUT2D eigenvalue weighted by molar-refractivity contribution is -0.384. The van der Waals surface area contributed by atoms with Crippen molar-refractivity contribution >= 4 is 35.1 Å². The Morgan fingerprint density at radius 3 is 2.19 bits per heavy atom. The Balaban J connectivity index is 1.69. The number of carbonyl (C=O) groups is 4. The van der Waals surface area contributed by atoms with E-state index in [0.717, 1.165) is 11.0 Å². The molecule has 11 heteroatoms. The molecule has 0 spiro atoms. The van der Waals surface area contributed by atoms with Crippen LogP contribution in [0.1, 0.15) is 34.6 Å². The monoisotopic (exact) mass is 441 g/mol. The van der Waals surface area contributed by atoms with Gasteiger partial charge in [0.2, 0.25) is 0 Å². The second-order valence-corrected chi connectivity index (χ2v) is 6.91. The molecular weight excluding hydrogens is 422 g/mol. The van der Waals surface area contributed by atoms with Crippen LogP contribution in [0.3, 0.4) is 0 Å². The second kappa shape index (κ2) is 8.84. The van der Waals surface area contributed by atoms with E-state index < -0.39 is 40.8 Å². The van der Waals surface area contributed by atoms with E-state index in [1.165, 1.54) is 45.2 Å². The van der Waals surface area contributed by atoms with E-state index in [1.54, 1.807) is 12.1 Å². The number of carbonyl (C=O) groups excluding carboxylic acids is 4. The van der Waals surface area contributed by atoms with Gasteiger partial charge < -0.3 is 14.8 Å². The van der Waals surface area contributed by atoms with E-state index in [2.05, 4.69) is 5.32 Å². The first-order valence-corrected chi connectivity index (χ1v) is 9.46. The van der Waals surface area contributed by atoms with E-state index in [1.807, 2.05) is 0 Å². The van der Waals surface area contributed by atoms with Crippen LogP contribution < -0.4 is 10.1 Å². The Morgan fingerprint density at radius 1 is 1.06 bits per heavy atom. The van der Waals surface area contributed by atoms with Crippen molar-refractivity contribution in [3.8, 4) is 5.75 Å². The lowest BCUT2D eigenvalue weighted by atomic mass is 10.1. The quantitative estimate of drug-likeness (QED) is 0.298. The highest BCUT2D eigenvalue weighted by molar-refractivity contribution is 6.22. The second-order valence-electron chi connectivity index (χ2n) is 6.91. The Bertz CT molecular complexity index is 1090. The van der Waals surface area contributed by atoms with Gasteiger partial charge in [0.1, 0.15) is 11.8 Å². The average molecular weight is 441 g/mol. The van der Waals surface area contributed by atoms with Gasteiger partial charge in [-0.1, -0.05) is 12.1 Å². The van der Waals surface area contributed by atoms with Crippen molar-refractivity contribution in [2.24, 2.45) is 0 Å². The van der Waals surface area contributed by atoms with E-state index in [0.29, 0.717) is 0 Å². The molecule has 0 fully saturated rings. The van der Waals surface area contributed by atoms with Gasteiger partial charge in [-0.15, -0.1) is 0 Å². The van der Waals surface area contributed by atoms with E-state index in [-0.39, 0.29) is 28.3 Å². The molecule has 166 valence electrons. The lowest BCUT2D eigenvalue weighted by Crippen LogP contribution is -2.45. The minimum absolute atomic E-state index is 0.0167. The number of nitrogens with one attached hydrogen (secondary N) is 1. The van der Waals surface area contributed by atoms with Gasteiger partial charge in [0.25, 0.3) is 23.4 Å². The Morgan fingerprint density at radius 2 is 1.66 bits per heavy atom. The molecule has 0 aromatic heterocycles. The molecule has 0 saturated carbocycles. The van der Waals surface area contributed by atoms with Gasteiger partial charge in [-0.2, -0.15) is 0 Å². The molecule has 1 N–H and O–H groups in total. The number of hydrogen-bond donors (Lipinski definition) is 1. The fourth-order valence-electron chi connectivity index (χ4n) is 3.13. The molecule has 3 rings (SSSR count). The highest BCUT2D eigenvalue weighted by Gasteiger charge is 2.41. The first kappa shape index (κ1) is 22.4. The molecule has 2 aromatic rings. The first-order valence-electron chi connectivity index (χ1n) is 9.46. The zero-order valence-corrected chi connectivity index (χ0v) is 17.4. The maximum absolute atomic E-state index is 12.5. The summed E-state index contributed by atoms with van der Waals surface area (Å²) < 4.78 is 10.2. The van der Waals surface area contributed by atoms with Crippen LogP contribution in [0.15, 0.2) is 42.5 Å². The molecule has 1 aliphatic rings. The molecule has 0 unspecified atom stereocenters. The number of nitrogens with zero attached hydrogens (tertiary/aromatic N) is 2. The number of benzene rings is 2. The van der Waals surface area contributed by atoms with Crippen LogP contribution in [0.2, 0.25) is 0 Å². The summed E-state index contributed by atoms with van der Waals surface area (Å²) in [6.45, 7) is 2.60. The topological polar surface area (TPSA) is 145 Å². The third-order valence-electron chi connectivity index (χ3n) is 4.87. The number of rotatable bonds is 7. The summed E-state index contributed by atoms with van der Waals surface area (Å²) >= 11 is 0. The van der Waals surface area contributed by atoms with Gasteiger partial charge in [-0.3, -0.25) is 29.4 Å². The number of non-ortho nitro benzene ring substituents is 1. The predicted molar refractivity (Wildman–Crippen MR) is 110 cm³/mol. The third kappa shape index (κ3) is 4.13. The van der Waals surface area contributed by atoms with Crippen molar-refractivity contribution in [3.63, 3.8) is 0 Å². The summed E-state index contributed by atoms with van der Waals surface area (Å²) in [4.78, 5) is 61.2. The standard InChI is InChI=1S/C21H19N3O8/c1-11(23-19(26)14-6-4-5-7-15(14)20(23)27)21(28)32-12(2)18(25)22-16-10-13(24(29)30)8-9-17(16)31-3/h4-12H,1-3H3,(H,22,25)/t11-,12-/m1/s1. The minimum Gasteiger partial charge on any atom is -0.495 e. The van der Waals surface area contributed by atoms with Crippen molar-refractivity contribution in [2.45, 2.75) is 26.0 Å². The smallest absolute Gasteiger partial charge is 0.329 e. The number of fused-ring (bicyclic) bond motifs is 1. The number of nitro groups is 1. The normalized spacial score (nSPS) is 14.4. The summed E-state index contributed by atoms with van der Waals surface area (Å²) in [5, 5.41) is 13.4. The Labute approximate surface area is 182 Å². The maximum Gasteiger partial charge on any atom is 0.329 e. The molecule has 0 saturated heterocycles.